The molecule has 0 aliphatic heterocycles. The zero-order valence-corrected chi connectivity index (χ0v) is 12.7. The minimum absolute atomic E-state index is 0.0412. The van der Waals surface area contributed by atoms with Crippen molar-refractivity contribution in [1.29, 1.82) is 0 Å². The number of hydrogen-bond acceptors (Lipinski definition) is 2. The van der Waals surface area contributed by atoms with Crippen molar-refractivity contribution in [2.75, 3.05) is 6.54 Å². The fourth-order valence-electron chi connectivity index (χ4n) is 1.58. The number of aliphatic imine (C=N–C) groups is 1. The maximum absolute atomic E-state index is 10.2. The first-order chi connectivity index (χ1) is 7.96. The number of para-hydroxylation sites is 1. The van der Waals surface area contributed by atoms with Crippen LogP contribution >= 0.6 is 0 Å². The Bertz CT molecular complexity index is 394. The van der Waals surface area contributed by atoms with E-state index in [0.29, 0.717) is 20.7 Å². The molecule has 0 heterocycles. The van der Waals surface area contributed by atoms with Gasteiger partial charge >= 0.3 is 110 Å². The van der Waals surface area contributed by atoms with Crippen LogP contribution in [-0.2, 0) is 5.41 Å². The Morgan fingerprint density at radius 3 is 2.65 bits per heavy atom. The first-order valence-corrected chi connectivity index (χ1v) is 8.70. The number of rotatable bonds is 4. The molecule has 0 saturated heterocycles. The van der Waals surface area contributed by atoms with Gasteiger partial charge in [0, 0.05) is 0 Å². The molecule has 1 rings (SSSR count). The van der Waals surface area contributed by atoms with Crippen LogP contribution < -0.4 is 0 Å². The molecule has 0 saturated carbocycles. The number of benzene rings is 1. The van der Waals surface area contributed by atoms with E-state index in [1.54, 1.807) is 6.21 Å². The summed E-state index contributed by atoms with van der Waals surface area (Å²) >= 11 is 0.673. The molecule has 0 aromatic heterocycles. The van der Waals surface area contributed by atoms with Crippen molar-refractivity contribution in [2.24, 2.45) is 4.99 Å². The van der Waals surface area contributed by atoms with Crippen LogP contribution in [0, 0.1) is 0 Å². The Morgan fingerprint density at radius 1 is 1.35 bits per heavy atom. The van der Waals surface area contributed by atoms with Crippen LogP contribution in [0.1, 0.15) is 31.9 Å². The molecule has 0 aliphatic carbocycles. The van der Waals surface area contributed by atoms with Crippen LogP contribution in [0.5, 0.6) is 5.75 Å². The van der Waals surface area contributed by atoms with Gasteiger partial charge in [0.05, 0.1) is 0 Å². The van der Waals surface area contributed by atoms with Gasteiger partial charge in [-0.05, 0) is 0 Å². The van der Waals surface area contributed by atoms with Gasteiger partial charge in [0.2, 0.25) is 0 Å². The molecule has 0 bridgehead atoms. The summed E-state index contributed by atoms with van der Waals surface area (Å²) in [6, 6.07) is 5.86. The van der Waals surface area contributed by atoms with Gasteiger partial charge in [-0.25, -0.2) is 0 Å². The van der Waals surface area contributed by atoms with Gasteiger partial charge in [-0.2, -0.15) is 0 Å². The van der Waals surface area contributed by atoms with Gasteiger partial charge in [0.1, 0.15) is 0 Å². The van der Waals surface area contributed by atoms with E-state index in [0.717, 1.165) is 23.0 Å². The van der Waals surface area contributed by atoms with Crippen molar-refractivity contribution in [3.8, 4) is 5.75 Å². The first-order valence-electron chi connectivity index (χ1n) is 5.78. The summed E-state index contributed by atoms with van der Waals surface area (Å²) in [6.45, 7) is 7.16. The zero-order chi connectivity index (χ0) is 12.9. The number of phenols is 1. The summed E-state index contributed by atoms with van der Waals surface area (Å²) in [4.78, 5) is 4.35. The maximum atomic E-state index is 10.2. The van der Waals surface area contributed by atoms with Crippen LogP contribution in [0.25, 0.3) is 0 Å². The molecular formula is C14H21NOSe. The molecule has 3 heteroatoms. The van der Waals surface area contributed by atoms with Crippen LogP contribution in [0.4, 0.5) is 0 Å². The summed E-state index contributed by atoms with van der Waals surface area (Å²) in [5.74, 6) is 2.57. The monoisotopic (exact) mass is 299 g/mol. The molecule has 2 nitrogen and oxygen atoms in total. The van der Waals surface area contributed by atoms with Gasteiger partial charge < -0.3 is 0 Å². The Balaban J connectivity index is 2.91. The molecule has 1 aromatic rings. The molecule has 0 radical (unpaired) electrons. The normalized spacial score (nSPS) is 12.2. The fraction of sp³-hybridized carbons (Fsp3) is 0.500. The van der Waals surface area contributed by atoms with E-state index >= 15 is 0 Å². The second kappa shape index (κ2) is 6.23. The third-order valence-corrected chi connectivity index (χ3v) is 3.77. The number of aromatic hydroxyl groups is 1. The molecule has 0 fully saturated rings. The van der Waals surface area contributed by atoms with Crippen molar-refractivity contribution < 1.29 is 5.11 Å². The van der Waals surface area contributed by atoms with E-state index in [-0.39, 0.29) is 5.41 Å². The predicted octanol–water partition coefficient (Wildman–Crippen LogP) is 3.28. The van der Waals surface area contributed by atoms with Crippen molar-refractivity contribution in [3.63, 3.8) is 0 Å². The standard InChI is InChI=1S/C14H21NOSe/c1-14(2,3)12-7-5-6-11(13(12)16)10-15-8-9-17-4/h5-7,10,16H,8-9H2,1-4H3. The van der Waals surface area contributed by atoms with Crippen LogP contribution in [0.15, 0.2) is 23.2 Å². The van der Waals surface area contributed by atoms with E-state index < -0.39 is 0 Å². The molecular weight excluding hydrogens is 277 g/mol. The minimum atomic E-state index is -0.0412. The average molecular weight is 298 g/mol. The Kier molecular flexibility index (Phi) is 5.23. The van der Waals surface area contributed by atoms with Crippen LogP contribution in [-0.4, -0.2) is 32.8 Å². The summed E-state index contributed by atoms with van der Waals surface area (Å²) in [7, 11) is 0. The SMILES string of the molecule is C[Se]CCN=Cc1cccc(C(C)(C)C)c1O. The van der Waals surface area contributed by atoms with Gasteiger partial charge in [0.15, 0.2) is 0 Å². The molecule has 0 unspecified atom stereocenters. The second-order valence-electron chi connectivity index (χ2n) is 5.02. The first kappa shape index (κ1) is 14.3. The van der Waals surface area contributed by atoms with Gasteiger partial charge in [0.25, 0.3) is 0 Å². The van der Waals surface area contributed by atoms with E-state index in [1.807, 2.05) is 18.2 Å². The molecule has 0 aliphatic rings. The van der Waals surface area contributed by atoms with Crippen LogP contribution in [0.2, 0.25) is 11.1 Å². The fourth-order valence-corrected chi connectivity index (χ4v) is 2.18. The third-order valence-electron chi connectivity index (χ3n) is 2.53. The predicted molar refractivity (Wildman–Crippen MR) is 75.7 cm³/mol. The summed E-state index contributed by atoms with van der Waals surface area (Å²) in [5.41, 5.74) is 1.75. The molecule has 94 valence electrons. The van der Waals surface area contributed by atoms with Crippen molar-refractivity contribution in [3.05, 3.63) is 29.3 Å². The quantitative estimate of drug-likeness (QED) is 0.516. The summed E-state index contributed by atoms with van der Waals surface area (Å²) in [6.07, 6.45) is 1.79. The van der Waals surface area contributed by atoms with Gasteiger partial charge in [-0.3, -0.25) is 0 Å². The van der Waals surface area contributed by atoms with E-state index in [1.165, 1.54) is 0 Å². The zero-order valence-electron chi connectivity index (χ0n) is 11.0. The number of phenolic OH excluding ortho intramolecular Hbond substituents is 1. The molecule has 0 amide bonds. The van der Waals surface area contributed by atoms with Gasteiger partial charge in [-0.1, -0.05) is 0 Å². The average Bonchev–Trinajstić information content (AvgIpc) is 2.25. The van der Waals surface area contributed by atoms with Gasteiger partial charge in [-0.15, -0.1) is 0 Å². The van der Waals surface area contributed by atoms with Crippen molar-refractivity contribution in [1.82, 2.24) is 0 Å². The van der Waals surface area contributed by atoms with E-state index in [4.69, 9.17) is 0 Å². The third kappa shape index (κ3) is 4.18. The summed E-state index contributed by atoms with van der Waals surface area (Å²) in [5, 5.41) is 11.3. The molecule has 1 aromatic carbocycles. The Labute approximate surface area is 110 Å². The Morgan fingerprint density at radius 2 is 2.06 bits per heavy atom. The van der Waals surface area contributed by atoms with Crippen molar-refractivity contribution >= 4 is 21.2 Å². The molecule has 0 atom stereocenters. The molecule has 1 N–H and O–H groups in total. The number of hydrogen-bond donors (Lipinski definition) is 1. The Hall–Kier alpha value is -0.791. The topological polar surface area (TPSA) is 32.6 Å². The molecule has 17 heavy (non-hydrogen) atoms. The summed E-state index contributed by atoms with van der Waals surface area (Å²) < 4.78 is 0. The molecule has 0 spiro atoms. The number of nitrogens with zero attached hydrogens (tertiary/aromatic N) is 1. The van der Waals surface area contributed by atoms with Crippen molar-refractivity contribution in [2.45, 2.75) is 37.3 Å². The van der Waals surface area contributed by atoms with Crippen LogP contribution in [0.3, 0.4) is 0 Å². The van der Waals surface area contributed by atoms with E-state index in [2.05, 4.69) is 31.6 Å². The van der Waals surface area contributed by atoms with E-state index in [9.17, 15) is 5.11 Å². The second-order valence-corrected chi connectivity index (χ2v) is 7.09.